The van der Waals surface area contributed by atoms with Gasteiger partial charge in [-0.15, -0.1) is 0 Å². The number of aliphatic hydroxyl groups excluding tert-OH is 1. The third-order valence-electron chi connectivity index (χ3n) is 4.37. The zero-order chi connectivity index (χ0) is 18.2. The van der Waals surface area contributed by atoms with Crippen LogP contribution in [0.4, 0.5) is 4.79 Å². The van der Waals surface area contributed by atoms with Gasteiger partial charge in [0, 0.05) is 31.0 Å². The van der Waals surface area contributed by atoms with Gasteiger partial charge in [-0.05, 0) is 31.7 Å². The molecular weight excluding hydrogens is 316 g/mol. The second-order valence-corrected chi connectivity index (χ2v) is 6.47. The molecule has 2 amide bonds. The average Bonchev–Trinajstić information content (AvgIpc) is 2.86. The highest BCUT2D eigenvalue weighted by molar-refractivity contribution is 5.73. The van der Waals surface area contributed by atoms with E-state index in [0.29, 0.717) is 19.5 Å². The monoisotopic (exact) mass is 344 g/mol. The van der Waals surface area contributed by atoms with E-state index in [1.54, 1.807) is 0 Å². The summed E-state index contributed by atoms with van der Waals surface area (Å²) in [6.45, 7) is 7.86. The third kappa shape index (κ3) is 5.60. The van der Waals surface area contributed by atoms with E-state index >= 15 is 0 Å². The van der Waals surface area contributed by atoms with Crippen LogP contribution in [-0.2, 0) is 13.1 Å². The SMILES string of the molecule is Cc1nn(Cc2ccccc2)c(C)c1CNC(=O)NCC(C)CCO. The summed E-state index contributed by atoms with van der Waals surface area (Å²) in [5.41, 5.74) is 4.25. The van der Waals surface area contributed by atoms with E-state index < -0.39 is 0 Å². The molecule has 1 aromatic heterocycles. The second-order valence-electron chi connectivity index (χ2n) is 6.47. The molecule has 136 valence electrons. The van der Waals surface area contributed by atoms with Crippen molar-refractivity contribution in [2.24, 2.45) is 5.92 Å². The molecule has 0 aliphatic carbocycles. The number of carbonyl (C=O) groups is 1. The molecule has 3 N–H and O–H groups in total. The normalized spacial score (nSPS) is 12.0. The molecule has 1 aromatic carbocycles. The van der Waals surface area contributed by atoms with Crippen molar-refractivity contribution >= 4 is 6.03 Å². The summed E-state index contributed by atoms with van der Waals surface area (Å²) in [4.78, 5) is 11.9. The molecule has 2 aromatic rings. The molecule has 0 aliphatic rings. The summed E-state index contributed by atoms with van der Waals surface area (Å²) in [6.07, 6.45) is 0.685. The zero-order valence-electron chi connectivity index (χ0n) is 15.2. The van der Waals surface area contributed by atoms with Gasteiger partial charge < -0.3 is 15.7 Å². The maximum atomic E-state index is 11.9. The Labute approximate surface area is 149 Å². The molecule has 0 bridgehead atoms. The standard InChI is InChI=1S/C19H28N4O2/c1-14(9-10-24)11-20-19(25)21-12-18-15(2)22-23(16(18)3)13-17-7-5-4-6-8-17/h4-8,14,24H,9-13H2,1-3H3,(H2,20,21,25). The lowest BCUT2D eigenvalue weighted by atomic mass is 10.1. The number of benzene rings is 1. The molecule has 0 saturated heterocycles. The Morgan fingerprint density at radius 1 is 1.24 bits per heavy atom. The molecule has 0 saturated carbocycles. The molecule has 25 heavy (non-hydrogen) atoms. The Hall–Kier alpha value is -2.34. The predicted molar refractivity (Wildman–Crippen MR) is 98.4 cm³/mol. The number of urea groups is 1. The Bertz CT molecular complexity index is 682. The van der Waals surface area contributed by atoms with Gasteiger partial charge in [0.05, 0.1) is 12.2 Å². The van der Waals surface area contributed by atoms with Crippen molar-refractivity contribution in [2.45, 2.75) is 40.3 Å². The van der Waals surface area contributed by atoms with E-state index in [1.807, 2.05) is 43.7 Å². The molecular formula is C19H28N4O2. The molecule has 0 spiro atoms. The maximum absolute atomic E-state index is 11.9. The largest absolute Gasteiger partial charge is 0.396 e. The summed E-state index contributed by atoms with van der Waals surface area (Å²) < 4.78 is 1.98. The molecule has 0 fully saturated rings. The van der Waals surface area contributed by atoms with Crippen LogP contribution in [0.1, 0.15) is 35.9 Å². The number of aliphatic hydroxyl groups is 1. The number of rotatable bonds is 8. The molecule has 1 heterocycles. The second kappa shape index (κ2) is 9.22. The molecule has 6 heteroatoms. The van der Waals surface area contributed by atoms with Gasteiger partial charge >= 0.3 is 6.03 Å². The number of hydrogen-bond donors (Lipinski definition) is 3. The third-order valence-corrected chi connectivity index (χ3v) is 4.37. The number of hydrogen-bond acceptors (Lipinski definition) is 3. The van der Waals surface area contributed by atoms with Crippen molar-refractivity contribution in [3.8, 4) is 0 Å². The molecule has 6 nitrogen and oxygen atoms in total. The molecule has 0 aliphatic heterocycles. The van der Waals surface area contributed by atoms with Crippen LogP contribution in [-0.4, -0.2) is 34.1 Å². The van der Waals surface area contributed by atoms with E-state index in [4.69, 9.17) is 5.11 Å². The van der Waals surface area contributed by atoms with E-state index in [-0.39, 0.29) is 18.6 Å². The first-order chi connectivity index (χ1) is 12.0. The number of nitrogens with one attached hydrogen (secondary N) is 2. The van der Waals surface area contributed by atoms with E-state index in [1.165, 1.54) is 5.56 Å². The van der Waals surface area contributed by atoms with Gasteiger partial charge in [0.25, 0.3) is 0 Å². The first-order valence-electron chi connectivity index (χ1n) is 8.70. The minimum Gasteiger partial charge on any atom is -0.396 e. The van der Waals surface area contributed by atoms with Crippen LogP contribution < -0.4 is 10.6 Å². The highest BCUT2D eigenvalue weighted by Gasteiger charge is 2.13. The highest BCUT2D eigenvalue weighted by atomic mass is 16.3. The summed E-state index contributed by atoms with van der Waals surface area (Å²) in [5, 5.41) is 19.2. The molecule has 1 atom stereocenters. The van der Waals surface area contributed by atoms with Crippen LogP contribution in [0.3, 0.4) is 0 Å². The summed E-state index contributed by atoms with van der Waals surface area (Å²) >= 11 is 0. The molecule has 1 unspecified atom stereocenters. The van der Waals surface area contributed by atoms with Gasteiger partial charge in [0.2, 0.25) is 0 Å². The number of amides is 2. The van der Waals surface area contributed by atoms with Crippen LogP contribution in [0.15, 0.2) is 30.3 Å². The van der Waals surface area contributed by atoms with Crippen LogP contribution >= 0.6 is 0 Å². The van der Waals surface area contributed by atoms with Gasteiger partial charge in [0.1, 0.15) is 0 Å². The van der Waals surface area contributed by atoms with Crippen LogP contribution in [0.25, 0.3) is 0 Å². The smallest absolute Gasteiger partial charge is 0.315 e. The van der Waals surface area contributed by atoms with Crippen molar-refractivity contribution in [3.05, 3.63) is 52.8 Å². The van der Waals surface area contributed by atoms with E-state index in [0.717, 1.165) is 23.5 Å². The lowest BCUT2D eigenvalue weighted by Gasteiger charge is -2.12. The Balaban J connectivity index is 1.91. The Kier molecular flexibility index (Phi) is 7.01. The van der Waals surface area contributed by atoms with E-state index in [2.05, 4.69) is 27.9 Å². The lowest BCUT2D eigenvalue weighted by molar-refractivity contribution is 0.233. The predicted octanol–water partition coefficient (Wildman–Crippen LogP) is 2.37. The zero-order valence-corrected chi connectivity index (χ0v) is 15.2. The quantitative estimate of drug-likeness (QED) is 0.688. The van der Waals surface area contributed by atoms with Gasteiger partial charge in [-0.25, -0.2) is 4.79 Å². The number of aryl methyl sites for hydroxylation is 1. The van der Waals surface area contributed by atoms with Gasteiger partial charge in [-0.1, -0.05) is 37.3 Å². The van der Waals surface area contributed by atoms with Crippen LogP contribution in [0.2, 0.25) is 0 Å². The number of carbonyl (C=O) groups excluding carboxylic acids is 1. The van der Waals surface area contributed by atoms with Crippen molar-refractivity contribution in [1.29, 1.82) is 0 Å². The minimum atomic E-state index is -0.195. The topological polar surface area (TPSA) is 79.2 Å². The Morgan fingerprint density at radius 2 is 1.96 bits per heavy atom. The number of aromatic nitrogens is 2. The molecule has 2 rings (SSSR count). The summed E-state index contributed by atoms with van der Waals surface area (Å²) in [7, 11) is 0. The first-order valence-corrected chi connectivity index (χ1v) is 8.70. The minimum absolute atomic E-state index is 0.142. The first kappa shape index (κ1) is 19.0. The maximum Gasteiger partial charge on any atom is 0.315 e. The van der Waals surface area contributed by atoms with Crippen molar-refractivity contribution in [2.75, 3.05) is 13.2 Å². The van der Waals surface area contributed by atoms with E-state index in [9.17, 15) is 4.79 Å². The lowest BCUT2D eigenvalue weighted by Crippen LogP contribution is -2.37. The van der Waals surface area contributed by atoms with Crippen LogP contribution in [0.5, 0.6) is 0 Å². The van der Waals surface area contributed by atoms with Crippen molar-refractivity contribution in [1.82, 2.24) is 20.4 Å². The Morgan fingerprint density at radius 3 is 2.64 bits per heavy atom. The number of nitrogens with zero attached hydrogens (tertiary/aromatic N) is 2. The van der Waals surface area contributed by atoms with Gasteiger partial charge in [-0.3, -0.25) is 4.68 Å². The van der Waals surface area contributed by atoms with Crippen molar-refractivity contribution < 1.29 is 9.90 Å². The summed E-state index contributed by atoms with van der Waals surface area (Å²) in [6, 6.07) is 10.0. The van der Waals surface area contributed by atoms with Crippen molar-refractivity contribution in [3.63, 3.8) is 0 Å². The fraction of sp³-hybridized carbons (Fsp3) is 0.474. The van der Waals surface area contributed by atoms with Gasteiger partial charge in [-0.2, -0.15) is 5.10 Å². The average molecular weight is 344 g/mol. The fourth-order valence-electron chi connectivity index (χ4n) is 2.72. The van der Waals surface area contributed by atoms with Gasteiger partial charge in [0.15, 0.2) is 0 Å². The highest BCUT2D eigenvalue weighted by Crippen LogP contribution is 2.14. The fourth-order valence-corrected chi connectivity index (χ4v) is 2.72. The summed E-state index contributed by atoms with van der Waals surface area (Å²) in [5.74, 6) is 0.257. The van der Waals surface area contributed by atoms with Crippen LogP contribution in [0, 0.1) is 19.8 Å². The molecule has 0 radical (unpaired) electrons.